The second-order valence-corrected chi connectivity index (χ2v) is 5.47. The van der Waals surface area contributed by atoms with Crippen LogP contribution in [0.1, 0.15) is 17.2 Å². The Morgan fingerprint density at radius 3 is 2.50 bits per heavy atom. The summed E-state index contributed by atoms with van der Waals surface area (Å²) in [5.41, 5.74) is 1.79. The standard InChI is InChI=1S/C16H17BrFNO/c1-19-16(14-10-12(17)5-8-15(14)18)9-11-3-6-13(20-2)7-4-11/h3-8,10,16,19H,9H2,1-2H3. The van der Waals surface area contributed by atoms with Gasteiger partial charge in [0.1, 0.15) is 11.6 Å². The number of hydrogen-bond acceptors (Lipinski definition) is 2. The van der Waals surface area contributed by atoms with Crippen LogP contribution in [0.5, 0.6) is 5.75 Å². The van der Waals surface area contributed by atoms with Gasteiger partial charge in [0, 0.05) is 16.1 Å². The van der Waals surface area contributed by atoms with Crippen LogP contribution >= 0.6 is 15.9 Å². The predicted molar refractivity (Wildman–Crippen MR) is 82.6 cm³/mol. The molecule has 0 aliphatic rings. The third-order valence-electron chi connectivity index (χ3n) is 3.28. The molecule has 0 aromatic heterocycles. The van der Waals surface area contributed by atoms with Gasteiger partial charge < -0.3 is 10.1 Å². The van der Waals surface area contributed by atoms with Crippen LogP contribution in [0.4, 0.5) is 4.39 Å². The van der Waals surface area contributed by atoms with Crippen molar-refractivity contribution >= 4 is 15.9 Å². The molecule has 0 fully saturated rings. The van der Waals surface area contributed by atoms with E-state index in [0.717, 1.165) is 15.8 Å². The highest BCUT2D eigenvalue weighted by molar-refractivity contribution is 9.10. The van der Waals surface area contributed by atoms with Gasteiger partial charge in [-0.1, -0.05) is 28.1 Å². The molecule has 0 saturated heterocycles. The van der Waals surface area contributed by atoms with Crippen LogP contribution in [0.25, 0.3) is 0 Å². The molecule has 106 valence electrons. The summed E-state index contributed by atoms with van der Waals surface area (Å²) in [5, 5.41) is 3.17. The van der Waals surface area contributed by atoms with Crippen LogP contribution in [-0.2, 0) is 6.42 Å². The Kier molecular flexibility index (Phi) is 5.15. The van der Waals surface area contributed by atoms with Crippen LogP contribution in [0.15, 0.2) is 46.9 Å². The number of likely N-dealkylation sites (N-methyl/N-ethyl adjacent to an activating group) is 1. The summed E-state index contributed by atoms with van der Waals surface area (Å²) in [5.74, 6) is 0.629. The number of benzene rings is 2. The normalized spacial score (nSPS) is 12.2. The lowest BCUT2D eigenvalue weighted by Gasteiger charge is -2.18. The number of rotatable bonds is 5. The van der Waals surface area contributed by atoms with Gasteiger partial charge in [-0.2, -0.15) is 0 Å². The van der Waals surface area contributed by atoms with Crippen molar-refractivity contribution in [2.45, 2.75) is 12.5 Å². The first-order chi connectivity index (χ1) is 9.63. The molecular formula is C16H17BrFNO. The second-order valence-electron chi connectivity index (χ2n) is 4.56. The quantitative estimate of drug-likeness (QED) is 0.886. The van der Waals surface area contributed by atoms with E-state index in [1.54, 1.807) is 13.2 Å². The Morgan fingerprint density at radius 2 is 1.90 bits per heavy atom. The van der Waals surface area contributed by atoms with E-state index in [0.29, 0.717) is 12.0 Å². The van der Waals surface area contributed by atoms with E-state index in [1.807, 2.05) is 37.4 Å². The van der Waals surface area contributed by atoms with E-state index in [9.17, 15) is 4.39 Å². The first kappa shape index (κ1) is 15.0. The zero-order chi connectivity index (χ0) is 14.5. The number of halogens is 2. The van der Waals surface area contributed by atoms with Gasteiger partial charge in [-0.15, -0.1) is 0 Å². The molecule has 2 nitrogen and oxygen atoms in total. The second kappa shape index (κ2) is 6.86. The maximum Gasteiger partial charge on any atom is 0.128 e. The van der Waals surface area contributed by atoms with Gasteiger partial charge in [-0.05, 0) is 49.4 Å². The van der Waals surface area contributed by atoms with Gasteiger partial charge in [0.05, 0.1) is 7.11 Å². The molecule has 0 aliphatic heterocycles. The molecule has 0 aliphatic carbocycles. The lowest BCUT2D eigenvalue weighted by Crippen LogP contribution is -2.20. The minimum atomic E-state index is -0.193. The Hall–Kier alpha value is -1.39. The van der Waals surface area contributed by atoms with E-state index in [4.69, 9.17) is 4.74 Å². The Morgan fingerprint density at radius 1 is 1.20 bits per heavy atom. The van der Waals surface area contributed by atoms with Crippen molar-refractivity contribution in [1.82, 2.24) is 5.32 Å². The average molecular weight is 338 g/mol. The summed E-state index contributed by atoms with van der Waals surface area (Å²) in [6, 6.07) is 12.8. The molecule has 2 aromatic carbocycles. The van der Waals surface area contributed by atoms with Gasteiger partial charge in [0.15, 0.2) is 0 Å². The zero-order valence-electron chi connectivity index (χ0n) is 11.5. The van der Waals surface area contributed by atoms with Gasteiger partial charge in [-0.3, -0.25) is 0 Å². The van der Waals surface area contributed by atoms with Crippen LogP contribution in [0.3, 0.4) is 0 Å². The largest absolute Gasteiger partial charge is 0.497 e. The first-order valence-electron chi connectivity index (χ1n) is 6.39. The summed E-state index contributed by atoms with van der Waals surface area (Å²) in [6.07, 6.45) is 0.716. The van der Waals surface area contributed by atoms with Crippen molar-refractivity contribution in [2.75, 3.05) is 14.2 Å². The molecule has 0 amide bonds. The number of nitrogens with one attached hydrogen (secondary N) is 1. The smallest absolute Gasteiger partial charge is 0.128 e. The topological polar surface area (TPSA) is 21.3 Å². The van der Waals surface area contributed by atoms with Crippen molar-refractivity contribution in [1.29, 1.82) is 0 Å². The number of ether oxygens (including phenoxy) is 1. The molecule has 2 aromatic rings. The maximum absolute atomic E-state index is 13.9. The fraction of sp³-hybridized carbons (Fsp3) is 0.250. The molecule has 1 unspecified atom stereocenters. The van der Waals surface area contributed by atoms with Crippen molar-refractivity contribution < 1.29 is 9.13 Å². The molecule has 0 bridgehead atoms. The van der Waals surface area contributed by atoms with E-state index < -0.39 is 0 Å². The van der Waals surface area contributed by atoms with Crippen molar-refractivity contribution in [3.8, 4) is 5.75 Å². The van der Waals surface area contributed by atoms with Crippen LogP contribution in [0, 0.1) is 5.82 Å². The van der Waals surface area contributed by atoms with Gasteiger partial charge in [-0.25, -0.2) is 4.39 Å². The minimum absolute atomic E-state index is 0.0686. The summed E-state index contributed by atoms with van der Waals surface area (Å²) < 4.78 is 20.0. The fourth-order valence-corrected chi connectivity index (χ4v) is 2.53. The van der Waals surface area contributed by atoms with E-state index in [1.165, 1.54) is 6.07 Å². The highest BCUT2D eigenvalue weighted by Crippen LogP contribution is 2.25. The predicted octanol–water partition coefficient (Wildman–Crippen LogP) is 4.10. The SMILES string of the molecule is CNC(Cc1ccc(OC)cc1)c1cc(Br)ccc1F. The molecule has 1 N–H and O–H groups in total. The number of hydrogen-bond donors (Lipinski definition) is 1. The van der Waals surface area contributed by atoms with Crippen LogP contribution in [-0.4, -0.2) is 14.2 Å². The van der Waals surface area contributed by atoms with Crippen molar-refractivity contribution in [3.63, 3.8) is 0 Å². The third-order valence-corrected chi connectivity index (χ3v) is 3.77. The highest BCUT2D eigenvalue weighted by Gasteiger charge is 2.15. The first-order valence-corrected chi connectivity index (χ1v) is 7.18. The molecule has 0 spiro atoms. The van der Waals surface area contributed by atoms with E-state index in [-0.39, 0.29) is 11.9 Å². The van der Waals surface area contributed by atoms with Crippen LogP contribution in [0.2, 0.25) is 0 Å². The van der Waals surface area contributed by atoms with E-state index >= 15 is 0 Å². The minimum Gasteiger partial charge on any atom is -0.497 e. The Bertz CT molecular complexity index is 571. The summed E-state index contributed by atoms with van der Waals surface area (Å²) >= 11 is 3.39. The van der Waals surface area contributed by atoms with Gasteiger partial charge in [0.2, 0.25) is 0 Å². The Labute approximate surface area is 127 Å². The van der Waals surface area contributed by atoms with Gasteiger partial charge >= 0.3 is 0 Å². The third kappa shape index (κ3) is 3.58. The lowest BCUT2D eigenvalue weighted by atomic mass is 9.98. The van der Waals surface area contributed by atoms with Crippen molar-refractivity contribution in [3.05, 3.63) is 63.9 Å². The molecular weight excluding hydrogens is 321 g/mol. The maximum atomic E-state index is 13.9. The molecule has 0 heterocycles. The highest BCUT2D eigenvalue weighted by atomic mass is 79.9. The molecule has 0 radical (unpaired) electrons. The summed E-state index contributed by atoms with van der Waals surface area (Å²) in [7, 11) is 3.48. The summed E-state index contributed by atoms with van der Waals surface area (Å²) in [6.45, 7) is 0. The monoisotopic (exact) mass is 337 g/mol. The molecule has 0 saturated carbocycles. The molecule has 1 atom stereocenters. The molecule has 2 rings (SSSR count). The lowest BCUT2D eigenvalue weighted by molar-refractivity contribution is 0.414. The van der Waals surface area contributed by atoms with E-state index in [2.05, 4.69) is 21.2 Å². The molecule has 20 heavy (non-hydrogen) atoms. The van der Waals surface area contributed by atoms with Crippen LogP contribution < -0.4 is 10.1 Å². The van der Waals surface area contributed by atoms with Crippen molar-refractivity contribution in [2.24, 2.45) is 0 Å². The zero-order valence-corrected chi connectivity index (χ0v) is 13.1. The summed E-state index contributed by atoms with van der Waals surface area (Å²) in [4.78, 5) is 0. The molecule has 4 heteroatoms. The average Bonchev–Trinajstić information content (AvgIpc) is 2.48. The van der Waals surface area contributed by atoms with Gasteiger partial charge in [0.25, 0.3) is 0 Å². The Balaban J connectivity index is 2.21. The number of methoxy groups -OCH3 is 1. The fourth-order valence-electron chi connectivity index (χ4n) is 2.15.